The summed E-state index contributed by atoms with van der Waals surface area (Å²) in [4.78, 5) is 0. The van der Waals surface area contributed by atoms with E-state index in [-0.39, 0.29) is 0 Å². The Bertz CT molecular complexity index is 353. The largest absolute Gasteiger partial charge is 0.271 e. The van der Waals surface area contributed by atoms with Crippen molar-refractivity contribution in [1.29, 1.82) is 0 Å². The summed E-state index contributed by atoms with van der Waals surface area (Å²) in [6.07, 6.45) is 6.30. The third-order valence-electron chi connectivity index (χ3n) is 4.58. The first-order valence-electron chi connectivity index (χ1n) is 7.69. The molecule has 1 aromatic rings. The van der Waals surface area contributed by atoms with Crippen LogP contribution in [0.5, 0.6) is 0 Å². The number of hydrazine groups is 1. The van der Waals surface area contributed by atoms with Crippen LogP contribution in [0.2, 0.25) is 0 Å². The molecule has 1 saturated carbocycles. The molecular formula is C17H28N2. The van der Waals surface area contributed by atoms with Gasteiger partial charge in [-0.1, -0.05) is 44.2 Å². The van der Waals surface area contributed by atoms with Gasteiger partial charge in [0.25, 0.3) is 0 Å². The summed E-state index contributed by atoms with van der Waals surface area (Å²) in [5, 5.41) is 0. The second-order valence-corrected chi connectivity index (χ2v) is 6.47. The van der Waals surface area contributed by atoms with Crippen LogP contribution in [0.1, 0.15) is 45.1 Å². The van der Waals surface area contributed by atoms with Crippen molar-refractivity contribution in [3.63, 3.8) is 0 Å². The molecule has 3 N–H and O–H groups in total. The minimum Gasteiger partial charge on any atom is -0.271 e. The van der Waals surface area contributed by atoms with E-state index < -0.39 is 0 Å². The van der Waals surface area contributed by atoms with Gasteiger partial charge in [0.15, 0.2) is 0 Å². The van der Waals surface area contributed by atoms with Crippen LogP contribution in [0.15, 0.2) is 30.3 Å². The van der Waals surface area contributed by atoms with Crippen LogP contribution in [-0.2, 0) is 6.42 Å². The molecule has 0 aliphatic heterocycles. The van der Waals surface area contributed by atoms with E-state index in [0.717, 1.165) is 30.6 Å². The summed E-state index contributed by atoms with van der Waals surface area (Å²) in [7, 11) is 0. The Labute approximate surface area is 117 Å². The third kappa shape index (κ3) is 4.32. The lowest BCUT2D eigenvalue weighted by atomic mass is 9.73. The van der Waals surface area contributed by atoms with Gasteiger partial charge < -0.3 is 0 Å². The van der Waals surface area contributed by atoms with Gasteiger partial charge in [0.1, 0.15) is 0 Å². The highest BCUT2D eigenvalue weighted by molar-refractivity contribution is 5.14. The third-order valence-corrected chi connectivity index (χ3v) is 4.58. The lowest BCUT2D eigenvalue weighted by Crippen LogP contribution is -2.43. The van der Waals surface area contributed by atoms with E-state index in [1.54, 1.807) is 0 Å². The van der Waals surface area contributed by atoms with Crippen LogP contribution in [0.25, 0.3) is 0 Å². The van der Waals surface area contributed by atoms with E-state index in [0.29, 0.717) is 6.04 Å². The normalized spacial score (nSPS) is 29.1. The van der Waals surface area contributed by atoms with E-state index in [1.165, 1.54) is 24.8 Å². The molecule has 0 bridgehead atoms. The van der Waals surface area contributed by atoms with Crippen molar-refractivity contribution >= 4 is 0 Å². The number of hydrogen-bond donors (Lipinski definition) is 2. The zero-order valence-electron chi connectivity index (χ0n) is 12.3. The molecule has 1 aliphatic carbocycles. The molecule has 3 atom stereocenters. The Hall–Kier alpha value is -0.860. The molecule has 2 rings (SSSR count). The molecule has 1 fully saturated rings. The van der Waals surface area contributed by atoms with Crippen molar-refractivity contribution in [1.82, 2.24) is 5.43 Å². The van der Waals surface area contributed by atoms with E-state index in [9.17, 15) is 0 Å². The average Bonchev–Trinajstić information content (AvgIpc) is 2.39. The van der Waals surface area contributed by atoms with Crippen LogP contribution in [0.4, 0.5) is 0 Å². The van der Waals surface area contributed by atoms with Crippen LogP contribution in [-0.4, -0.2) is 6.04 Å². The van der Waals surface area contributed by atoms with Crippen LogP contribution >= 0.6 is 0 Å². The Balaban J connectivity index is 1.89. The molecular weight excluding hydrogens is 232 g/mol. The maximum atomic E-state index is 5.81. The first-order valence-corrected chi connectivity index (χ1v) is 7.69. The summed E-state index contributed by atoms with van der Waals surface area (Å²) < 4.78 is 0. The van der Waals surface area contributed by atoms with Gasteiger partial charge in [-0.3, -0.25) is 11.3 Å². The standard InChI is InChI=1S/C17H28N2/c1-13-10-14(2)12-16(11-13)17(19-18)9-8-15-6-4-3-5-7-15/h3-7,13-14,16-17,19H,8-12,18H2,1-2H3. The van der Waals surface area contributed by atoms with Crippen LogP contribution in [0, 0.1) is 17.8 Å². The quantitative estimate of drug-likeness (QED) is 0.628. The van der Waals surface area contributed by atoms with Gasteiger partial charge in [-0.25, -0.2) is 0 Å². The minimum absolute atomic E-state index is 0.463. The van der Waals surface area contributed by atoms with Gasteiger partial charge in [0.2, 0.25) is 0 Å². The Morgan fingerprint density at radius 2 is 1.74 bits per heavy atom. The molecule has 3 unspecified atom stereocenters. The highest BCUT2D eigenvalue weighted by atomic mass is 15.2. The fourth-order valence-electron chi connectivity index (χ4n) is 3.76. The van der Waals surface area contributed by atoms with Crippen molar-refractivity contribution in [2.45, 2.75) is 52.0 Å². The monoisotopic (exact) mass is 260 g/mol. The molecule has 0 radical (unpaired) electrons. The average molecular weight is 260 g/mol. The Kier molecular flexibility index (Phi) is 5.41. The van der Waals surface area contributed by atoms with Gasteiger partial charge in [-0.2, -0.15) is 0 Å². The summed E-state index contributed by atoms with van der Waals surface area (Å²) in [5.41, 5.74) is 4.50. The molecule has 106 valence electrons. The lowest BCUT2D eigenvalue weighted by Gasteiger charge is -2.36. The van der Waals surface area contributed by atoms with Crippen molar-refractivity contribution in [2.75, 3.05) is 0 Å². The van der Waals surface area contributed by atoms with E-state index in [2.05, 4.69) is 49.6 Å². The fraction of sp³-hybridized carbons (Fsp3) is 0.647. The predicted molar refractivity (Wildman–Crippen MR) is 81.5 cm³/mol. The van der Waals surface area contributed by atoms with Gasteiger partial charge >= 0.3 is 0 Å². The number of benzene rings is 1. The molecule has 0 spiro atoms. The second-order valence-electron chi connectivity index (χ2n) is 6.47. The predicted octanol–water partition coefficient (Wildman–Crippen LogP) is 3.52. The number of nitrogens with one attached hydrogen (secondary N) is 1. The van der Waals surface area contributed by atoms with Crippen LogP contribution in [0.3, 0.4) is 0 Å². The summed E-state index contributed by atoms with van der Waals surface area (Å²) in [6, 6.07) is 11.2. The fourth-order valence-corrected chi connectivity index (χ4v) is 3.76. The van der Waals surface area contributed by atoms with Crippen molar-refractivity contribution in [3.05, 3.63) is 35.9 Å². The summed E-state index contributed by atoms with van der Waals surface area (Å²) in [5.74, 6) is 8.25. The van der Waals surface area contributed by atoms with E-state index in [1.807, 2.05) is 0 Å². The maximum Gasteiger partial charge on any atom is 0.0242 e. The van der Waals surface area contributed by atoms with Crippen molar-refractivity contribution in [2.24, 2.45) is 23.6 Å². The van der Waals surface area contributed by atoms with Gasteiger partial charge in [0.05, 0.1) is 0 Å². The molecule has 2 heteroatoms. The zero-order valence-corrected chi connectivity index (χ0v) is 12.3. The highest BCUT2D eigenvalue weighted by Crippen LogP contribution is 2.35. The molecule has 2 nitrogen and oxygen atoms in total. The Morgan fingerprint density at radius 1 is 1.11 bits per heavy atom. The summed E-state index contributed by atoms with van der Waals surface area (Å²) in [6.45, 7) is 4.76. The smallest absolute Gasteiger partial charge is 0.0242 e. The second kappa shape index (κ2) is 7.06. The first-order chi connectivity index (χ1) is 9.19. The Morgan fingerprint density at radius 3 is 2.32 bits per heavy atom. The molecule has 0 saturated heterocycles. The molecule has 1 aliphatic rings. The van der Waals surface area contributed by atoms with E-state index in [4.69, 9.17) is 5.84 Å². The van der Waals surface area contributed by atoms with Gasteiger partial charge in [-0.05, 0) is 55.4 Å². The molecule has 0 heterocycles. The number of rotatable bonds is 5. The molecule has 1 aromatic carbocycles. The van der Waals surface area contributed by atoms with Crippen molar-refractivity contribution < 1.29 is 0 Å². The molecule has 19 heavy (non-hydrogen) atoms. The SMILES string of the molecule is CC1CC(C)CC(C(CCc2ccccc2)NN)C1. The number of aryl methyl sites for hydroxylation is 1. The molecule has 0 aromatic heterocycles. The molecule has 0 amide bonds. The van der Waals surface area contributed by atoms with Crippen molar-refractivity contribution in [3.8, 4) is 0 Å². The van der Waals surface area contributed by atoms with Gasteiger partial charge in [0, 0.05) is 6.04 Å². The summed E-state index contributed by atoms with van der Waals surface area (Å²) >= 11 is 0. The topological polar surface area (TPSA) is 38.0 Å². The maximum absolute atomic E-state index is 5.81. The number of hydrogen-bond acceptors (Lipinski definition) is 2. The highest BCUT2D eigenvalue weighted by Gasteiger charge is 2.29. The van der Waals surface area contributed by atoms with Gasteiger partial charge in [-0.15, -0.1) is 0 Å². The number of nitrogens with two attached hydrogens (primary N) is 1. The van der Waals surface area contributed by atoms with Crippen LogP contribution < -0.4 is 11.3 Å². The lowest BCUT2D eigenvalue weighted by molar-refractivity contribution is 0.171. The minimum atomic E-state index is 0.463. The van der Waals surface area contributed by atoms with E-state index >= 15 is 0 Å². The first kappa shape index (κ1) is 14.5. The zero-order chi connectivity index (χ0) is 13.7.